The Morgan fingerprint density at radius 2 is 1.48 bits per heavy atom. The summed E-state index contributed by atoms with van der Waals surface area (Å²) in [4.78, 5) is 23.9. The standard InChI is InChI=1S/C21H27N3O4S/c1-15-5-7-16(8-6-15)20(26)24-23-19(25)13-14-22-29(27,28)18-11-9-17(10-12-18)21(2,3)4/h5-12,22H,13-14H2,1-4H3,(H,23,25)(H,24,26). The molecule has 0 saturated carbocycles. The van der Waals surface area contributed by atoms with E-state index in [4.69, 9.17) is 0 Å². The minimum atomic E-state index is -3.71. The molecule has 0 spiro atoms. The SMILES string of the molecule is Cc1ccc(C(=O)NNC(=O)CCNS(=O)(=O)c2ccc(C(C)(C)C)cc2)cc1. The third-order valence-electron chi connectivity index (χ3n) is 4.30. The van der Waals surface area contributed by atoms with Crippen molar-refractivity contribution >= 4 is 21.8 Å². The zero-order valence-electron chi connectivity index (χ0n) is 17.1. The number of carbonyl (C=O) groups is 2. The lowest BCUT2D eigenvalue weighted by Gasteiger charge is -2.19. The van der Waals surface area contributed by atoms with Crippen molar-refractivity contribution < 1.29 is 18.0 Å². The second-order valence-electron chi connectivity index (χ2n) is 7.79. The smallest absolute Gasteiger partial charge is 0.269 e. The Bertz CT molecular complexity index is 960. The van der Waals surface area contributed by atoms with E-state index in [1.807, 2.05) is 27.7 Å². The molecule has 2 aromatic rings. The Balaban J connectivity index is 1.81. The highest BCUT2D eigenvalue weighted by atomic mass is 32.2. The van der Waals surface area contributed by atoms with Crippen molar-refractivity contribution in [2.75, 3.05) is 6.54 Å². The van der Waals surface area contributed by atoms with Gasteiger partial charge in [0, 0.05) is 18.5 Å². The lowest BCUT2D eigenvalue weighted by Crippen LogP contribution is -2.42. The summed E-state index contributed by atoms with van der Waals surface area (Å²) in [7, 11) is -3.71. The van der Waals surface area contributed by atoms with E-state index < -0.39 is 21.8 Å². The van der Waals surface area contributed by atoms with Gasteiger partial charge in [-0.2, -0.15) is 0 Å². The van der Waals surface area contributed by atoms with Gasteiger partial charge >= 0.3 is 0 Å². The number of rotatable bonds is 6. The molecule has 2 rings (SSSR count). The molecule has 0 unspecified atom stereocenters. The molecule has 0 fully saturated rings. The molecule has 0 saturated heterocycles. The van der Waals surface area contributed by atoms with Crippen molar-refractivity contribution in [2.24, 2.45) is 0 Å². The Labute approximate surface area is 171 Å². The number of aryl methyl sites for hydroxylation is 1. The Hall–Kier alpha value is -2.71. The van der Waals surface area contributed by atoms with Gasteiger partial charge in [0.25, 0.3) is 5.91 Å². The maximum absolute atomic E-state index is 12.3. The van der Waals surface area contributed by atoms with Gasteiger partial charge < -0.3 is 0 Å². The molecule has 0 bridgehead atoms. The van der Waals surface area contributed by atoms with Crippen LogP contribution in [0.1, 0.15) is 48.7 Å². The van der Waals surface area contributed by atoms with Crippen LogP contribution < -0.4 is 15.6 Å². The zero-order valence-corrected chi connectivity index (χ0v) is 17.9. The first-order valence-electron chi connectivity index (χ1n) is 9.25. The van der Waals surface area contributed by atoms with E-state index in [2.05, 4.69) is 15.6 Å². The second-order valence-corrected chi connectivity index (χ2v) is 9.56. The van der Waals surface area contributed by atoms with Crippen LogP contribution in [0.5, 0.6) is 0 Å². The summed E-state index contributed by atoms with van der Waals surface area (Å²) < 4.78 is 27.1. The van der Waals surface area contributed by atoms with Gasteiger partial charge in [0.2, 0.25) is 15.9 Å². The van der Waals surface area contributed by atoms with E-state index in [0.29, 0.717) is 5.56 Å². The predicted molar refractivity (Wildman–Crippen MR) is 112 cm³/mol. The van der Waals surface area contributed by atoms with E-state index in [0.717, 1.165) is 11.1 Å². The van der Waals surface area contributed by atoms with Crippen molar-refractivity contribution in [3.63, 3.8) is 0 Å². The molecule has 2 aromatic carbocycles. The van der Waals surface area contributed by atoms with Crippen molar-refractivity contribution in [3.8, 4) is 0 Å². The summed E-state index contributed by atoms with van der Waals surface area (Å²) in [5.41, 5.74) is 6.96. The van der Waals surface area contributed by atoms with Gasteiger partial charge in [-0.05, 0) is 42.2 Å². The van der Waals surface area contributed by atoms with E-state index >= 15 is 0 Å². The molecule has 0 aliphatic carbocycles. The van der Waals surface area contributed by atoms with Crippen molar-refractivity contribution in [3.05, 3.63) is 65.2 Å². The number of carbonyl (C=O) groups excluding carboxylic acids is 2. The first-order chi connectivity index (χ1) is 13.5. The van der Waals surface area contributed by atoms with Gasteiger partial charge in [-0.25, -0.2) is 13.1 Å². The molecule has 2 amide bonds. The summed E-state index contributed by atoms with van der Waals surface area (Å²) in [6, 6.07) is 13.5. The van der Waals surface area contributed by atoms with Gasteiger partial charge in [0.15, 0.2) is 0 Å². The minimum Gasteiger partial charge on any atom is -0.273 e. The van der Waals surface area contributed by atoms with Crippen LogP contribution in [0, 0.1) is 6.92 Å². The highest BCUT2D eigenvalue weighted by molar-refractivity contribution is 7.89. The highest BCUT2D eigenvalue weighted by Crippen LogP contribution is 2.23. The van der Waals surface area contributed by atoms with E-state index in [1.54, 1.807) is 48.5 Å². The van der Waals surface area contributed by atoms with Crippen molar-refractivity contribution in [1.82, 2.24) is 15.6 Å². The van der Waals surface area contributed by atoms with Crippen LogP contribution in [0.15, 0.2) is 53.4 Å². The summed E-state index contributed by atoms with van der Waals surface area (Å²) in [6.45, 7) is 7.96. The van der Waals surface area contributed by atoms with E-state index in [-0.39, 0.29) is 23.3 Å². The number of benzene rings is 2. The molecular formula is C21H27N3O4S. The molecule has 0 aromatic heterocycles. The average molecular weight is 418 g/mol. The van der Waals surface area contributed by atoms with Crippen LogP contribution in [0.2, 0.25) is 0 Å². The molecule has 156 valence electrons. The molecule has 29 heavy (non-hydrogen) atoms. The lowest BCUT2D eigenvalue weighted by atomic mass is 9.87. The first-order valence-corrected chi connectivity index (χ1v) is 10.7. The average Bonchev–Trinajstić information content (AvgIpc) is 2.66. The number of hydrazine groups is 1. The fourth-order valence-electron chi connectivity index (χ4n) is 2.48. The van der Waals surface area contributed by atoms with Crippen LogP contribution in [0.25, 0.3) is 0 Å². The van der Waals surface area contributed by atoms with Crippen LogP contribution >= 0.6 is 0 Å². The molecule has 7 nitrogen and oxygen atoms in total. The summed E-state index contributed by atoms with van der Waals surface area (Å²) in [5, 5.41) is 0. The summed E-state index contributed by atoms with van der Waals surface area (Å²) >= 11 is 0. The van der Waals surface area contributed by atoms with Gasteiger partial charge in [-0.15, -0.1) is 0 Å². The van der Waals surface area contributed by atoms with Crippen molar-refractivity contribution in [2.45, 2.75) is 44.4 Å². The van der Waals surface area contributed by atoms with Crippen LogP contribution in [-0.4, -0.2) is 26.8 Å². The Morgan fingerprint density at radius 1 is 0.897 bits per heavy atom. The fraction of sp³-hybridized carbons (Fsp3) is 0.333. The molecule has 0 atom stereocenters. The van der Waals surface area contributed by atoms with Gasteiger partial charge in [0.1, 0.15) is 0 Å². The molecule has 8 heteroatoms. The second kappa shape index (κ2) is 9.19. The topological polar surface area (TPSA) is 104 Å². The van der Waals surface area contributed by atoms with E-state index in [9.17, 15) is 18.0 Å². The molecule has 0 radical (unpaired) electrons. The van der Waals surface area contributed by atoms with Gasteiger partial charge in [-0.3, -0.25) is 20.4 Å². The van der Waals surface area contributed by atoms with Crippen LogP contribution in [0.3, 0.4) is 0 Å². The first kappa shape index (κ1) is 22.6. The molecule has 0 aliphatic rings. The van der Waals surface area contributed by atoms with Gasteiger partial charge in [0.05, 0.1) is 4.90 Å². The predicted octanol–water partition coefficient (Wildman–Crippen LogP) is 2.42. The Morgan fingerprint density at radius 3 is 2.03 bits per heavy atom. The lowest BCUT2D eigenvalue weighted by molar-refractivity contribution is -0.121. The largest absolute Gasteiger partial charge is 0.273 e. The molecule has 3 N–H and O–H groups in total. The van der Waals surface area contributed by atoms with Gasteiger partial charge in [-0.1, -0.05) is 50.6 Å². The number of nitrogens with one attached hydrogen (secondary N) is 3. The Kier molecular flexibility index (Phi) is 7.16. The maximum Gasteiger partial charge on any atom is 0.269 e. The summed E-state index contributed by atoms with van der Waals surface area (Å²) in [5.74, 6) is -0.950. The molecular weight excluding hydrogens is 390 g/mol. The minimum absolute atomic E-state index is 0.0726. The normalized spacial score (nSPS) is 11.7. The van der Waals surface area contributed by atoms with E-state index in [1.165, 1.54) is 0 Å². The summed E-state index contributed by atoms with van der Waals surface area (Å²) in [6.07, 6.45) is -0.118. The number of hydrogen-bond donors (Lipinski definition) is 3. The maximum atomic E-state index is 12.3. The third kappa shape index (κ3) is 6.69. The third-order valence-corrected chi connectivity index (χ3v) is 5.78. The molecule has 0 aliphatic heterocycles. The number of hydrogen-bond acceptors (Lipinski definition) is 4. The van der Waals surface area contributed by atoms with Crippen molar-refractivity contribution in [1.29, 1.82) is 0 Å². The monoisotopic (exact) mass is 417 g/mol. The number of amides is 2. The zero-order chi connectivity index (χ0) is 21.7. The fourth-order valence-corrected chi connectivity index (χ4v) is 3.51. The quantitative estimate of drug-likeness (QED) is 0.628. The van der Waals surface area contributed by atoms with Crippen LogP contribution in [0.4, 0.5) is 0 Å². The number of sulfonamides is 1. The highest BCUT2D eigenvalue weighted by Gasteiger charge is 2.17. The van der Waals surface area contributed by atoms with Crippen LogP contribution in [-0.2, 0) is 20.2 Å². The molecule has 0 heterocycles.